The van der Waals surface area contributed by atoms with Gasteiger partial charge in [-0.1, -0.05) is 11.6 Å². The van der Waals surface area contributed by atoms with Crippen LogP contribution in [0.4, 0.5) is 10.7 Å². The van der Waals surface area contributed by atoms with E-state index in [0.717, 1.165) is 36.1 Å². The molecule has 2 aliphatic rings. The highest BCUT2D eigenvalue weighted by molar-refractivity contribution is 7.17. The van der Waals surface area contributed by atoms with Crippen molar-refractivity contribution in [2.24, 2.45) is 0 Å². The third-order valence-electron chi connectivity index (χ3n) is 5.07. The number of halogens is 1. The molecule has 0 atom stereocenters. The number of ether oxygens (including phenoxy) is 2. The molecule has 0 saturated carbocycles. The van der Waals surface area contributed by atoms with Crippen molar-refractivity contribution in [2.75, 3.05) is 30.0 Å². The second-order valence-corrected chi connectivity index (χ2v) is 8.61. The molecule has 7 nitrogen and oxygen atoms in total. The van der Waals surface area contributed by atoms with Gasteiger partial charge in [-0.15, -0.1) is 11.3 Å². The molecule has 2 aromatic rings. The maximum Gasteiger partial charge on any atom is 0.341 e. The fraction of sp³-hybridized carbons (Fsp3) is 0.381. The van der Waals surface area contributed by atoms with Gasteiger partial charge in [-0.3, -0.25) is 14.5 Å². The maximum atomic E-state index is 12.8. The minimum atomic E-state index is -0.424. The van der Waals surface area contributed by atoms with Crippen LogP contribution in [0.2, 0.25) is 5.02 Å². The summed E-state index contributed by atoms with van der Waals surface area (Å²) in [5, 5.41) is 3.75. The Kier molecular flexibility index (Phi) is 5.97. The van der Waals surface area contributed by atoms with Gasteiger partial charge in [0.05, 0.1) is 17.9 Å². The molecule has 158 valence electrons. The van der Waals surface area contributed by atoms with E-state index in [0.29, 0.717) is 27.0 Å². The van der Waals surface area contributed by atoms with Gasteiger partial charge in [0.2, 0.25) is 5.91 Å². The zero-order chi connectivity index (χ0) is 21.3. The van der Waals surface area contributed by atoms with Crippen LogP contribution in [0.25, 0.3) is 0 Å². The second-order valence-electron chi connectivity index (χ2n) is 7.06. The van der Waals surface area contributed by atoms with E-state index in [1.165, 1.54) is 16.2 Å². The number of carbonyl (C=O) groups is 3. The molecule has 9 heteroatoms. The summed E-state index contributed by atoms with van der Waals surface area (Å²) in [6, 6.07) is 4.92. The summed E-state index contributed by atoms with van der Waals surface area (Å²) in [5.41, 5.74) is 1.87. The van der Waals surface area contributed by atoms with Crippen LogP contribution in [-0.2, 0) is 27.2 Å². The zero-order valence-electron chi connectivity index (χ0n) is 16.5. The first-order chi connectivity index (χ1) is 14.5. The molecule has 1 aromatic heterocycles. The summed E-state index contributed by atoms with van der Waals surface area (Å²) >= 11 is 7.47. The van der Waals surface area contributed by atoms with E-state index in [1.807, 2.05) is 0 Å². The molecule has 0 radical (unpaired) electrons. The molecular weight excluding hydrogens is 428 g/mol. The minimum Gasteiger partial charge on any atom is -0.482 e. The number of nitrogens with one attached hydrogen (secondary N) is 1. The largest absolute Gasteiger partial charge is 0.482 e. The molecule has 1 aromatic carbocycles. The second kappa shape index (κ2) is 8.65. The normalized spacial score (nSPS) is 15.1. The monoisotopic (exact) mass is 448 g/mol. The summed E-state index contributed by atoms with van der Waals surface area (Å²) in [6.45, 7) is 1.65. The van der Waals surface area contributed by atoms with Crippen molar-refractivity contribution in [2.45, 2.75) is 32.6 Å². The molecule has 1 aliphatic heterocycles. The summed E-state index contributed by atoms with van der Waals surface area (Å²) in [7, 11) is 0. The third-order valence-corrected chi connectivity index (χ3v) is 6.51. The topological polar surface area (TPSA) is 84.9 Å². The van der Waals surface area contributed by atoms with Gasteiger partial charge in [-0.25, -0.2) is 4.79 Å². The van der Waals surface area contributed by atoms with Crippen LogP contribution >= 0.6 is 22.9 Å². The Hall–Kier alpha value is -2.58. The van der Waals surface area contributed by atoms with Crippen LogP contribution in [0.5, 0.6) is 5.75 Å². The van der Waals surface area contributed by atoms with Gasteiger partial charge in [-0.05, 0) is 56.4 Å². The number of esters is 1. The number of anilines is 2. The Bertz CT molecular complexity index is 1020. The van der Waals surface area contributed by atoms with Crippen molar-refractivity contribution < 1.29 is 23.9 Å². The zero-order valence-corrected chi connectivity index (χ0v) is 18.0. The van der Waals surface area contributed by atoms with Crippen LogP contribution in [0, 0.1) is 0 Å². The predicted octanol–water partition coefficient (Wildman–Crippen LogP) is 3.82. The van der Waals surface area contributed by atoms with Gasteiger partial charge >= 0.3 is 5.97 Å². The Morgan fingerprint density at radius 3 is 2.90 bits per heavy atom. The van der Waals surface area contributed by atoms with Gasteiger partial charge in [-0.2, -0.15) is 0 Å². The van der Waals surface area contributed by atoms with E-state index in [-0.39, 0.29) is 25.7 Å². The summed E-state index contributed by atoms with van der Waals surface area (Å²) in [5.74, 6) is -0.672. The molecule has 0 spiro atoms. The smallest absolute Gasteiger partial charge is 0.341 e. The average Bonchev–Trinajstić information content (AvgIpc) is 3.08. The van der Waals surface area contributed by atoms with Crippen molar-refractivity contribution in [1.82, 2.24) is 0 Å². The molecule has 2 heterocycles. The minimum absolute atomic E-state index is 0.150. The van der Waals surface area contributed by atoms with Crippen LogP contribution in [-0.4, -0.2) is 37.5 Å². The van der Waals surface area contributed by atoms with E-state index in [9.17, 15) is 14.4 Å². The number of nitrogens with zero attached hydrogens (tertiary/aromatic N) is 1. The number of carbonyl (C=O) groups excluding carboxylic acids is 3. The van der Waals surface area contributed by atoms with Gasteiger partial charge in [0, 0.05) is 9.90 Å². The highest BCUT2D eigenvalue weighted by Crippen LogP contribution is 2.39. The van der Waals surface area contributed by atoms with E-state index in [4.69, 9.17) is 21.1 Å². The lowest BCUT2D eigenvalue weighted by Crippen LogP contribution is -2.43. The van der Waals surface area contributed by atoms with E-state index in [2.05, 4.69) is 5.32 Å². The fourth-order valence-corrected chi connectivity index (χ4v) is 5.19. The predicted molar refractivity (Wildman–Crippen MR) is 115 cm³/mol. The summed E-state index contributed by atoms with van der Waals surface area (Å²) in [6.07, 6.45) is 3.74. The molecule has 0 fully saturated rings. The quantitative estimate of drug-likeness (QED) is 0.703. The molecule has 2 amide bonds. The lowest BCUT2D eigenvalue weighted by Gasteiger charge is -2.28. The summed E-state index contributed by atoms with van der Waals surface area (Å²) < 4.78 is 10.6. The highest BCUT2D eigenvalue weighted by Gasteiger charge is 2.30. The van der Waals surface area contributed by atoms with E-state index in [1.54, 1.807) is 25.1 Å². The molecular formula is C21H21ClN2O5S. The number of hydrogen-bond donors (Lipinski definition) is 1. The molecule has 1 aliphatic carbocycles. The number of rotatable bonds is 5. The van der Waals surface area contributed by atoms with Crippen LogP contribution < -0.4 is 15.0 Å². The third kappa shape index (κ3) is 4.02. The van der Waals surface area contributed by atoms with Gasteiger partial charge in [0.15, 0.2) is 6.61 Å². The van der Waals surface area contributed by atoms with Crippen LogP contribution in [0.1, 0.15) is 40.6 Å². The van der Waals surface area contributed by atoms with E-state index < -0.39 is 11.9 Å². The first-order valence-corrected chi connectivity index (χ1v) is 11.0. The Morgan fingerprint density at radius 2 is 2.10 bits per heavy atom. The first kappa shape index (κ1) is 20.7. The Labute approximate surface area is 182 Å². The summed E-state index contributed by atoms with van der Waals surface area (Å²) in [4.78, 5) is 40.2. The molecule has 4 rings (SSSR count). The fourth-order valence-electron chi connectivity index (χ4n) is 3.73. The maximum absolute atomic E-state index is 12.8. The molecule has 0 unspecified atom stereocenters. The molecule has 0 bridgehead atoms. The lowest BCUT2D eigenvalue weighted by molar-refractivity contribution is -0.123. The van der Waals surface area contributed by atoms with Crippen LogP contribution in [0.15, 0.2) is 18.2 Å². The number of thiophene rings is 1. The molecule has 30 heavy (non-hydrogen) atoms. The van der Waals surface area contributed by atoms with Crippen molar-refractivity contribution in [1.29, 1.82) is 0 Å². The van der Waals surface area contributed by atoms with Crippen molar-refractivity contribution in [3.05, 3.63) is 39.2 Å². The lowest BCUT2D eigenvalue weighted by atomic mass is 9.95. The first-order valence-electron chi connectivity index (χ1n) is 9.82. The number of hydrogen-bond acceptors (Lipinski definition) is 6. The Morgan fingerprint density at radius 1 is 1.30 bits per heavy atom. The van der Waals surface area contributed by atoms with Crippen molar-refractivity contribution in [3.63, 3.8) is 0 Å². The number of fused-ring (bicyclic) bond motifs is 2. The van der Waals surface area contributed by atoms with Crippen molar-refractivity contribution in [3.8, 4) is 5.75 Å². The van der Waals surface area contributed by atoms with Gasteiger partial charge in [0.25, 0.3) is 5.91 Å². The van der Waals surface area contributed by atoms with Gasteiger partial charge < -0.3 is 14.8 Å². The standard InChI is InChI=1S/C21H21ClN2O5S/c1-2-28-21(27)19-13-5-3-4-6-16(13)30-20(19)23-17(25)10-24-14-9-12(22)7-8-15(14)29-11-18(24)26/h7-9H,2-6,10-11H2,1H3,(H,23,25). The van der Waals surface area contributed by atoms with Crippen LogP contribution in [0.3, 0.4) is 0 Å². The highest BCUT2D eigenvalue weighted by atomic mass is 35.5. The SMILES string of the molecule is CCOC(=O)c1c(NC(=O)CN2C(=O)COc3ccc(Cl)cc32)sc2c1CCCC2. The van der Waals surface area contributed by atoms with Gasteiger partial charge in [0.1, 0.15) is 17.3 Å². The van der Waals surface area contributed by atoms with Crippen molar-refractivity contribution >= 4 is 51.4 Å². The number of aryl methyl sites for hydroxylation is 1. The average molecular weight is 449 g/mol. The molecule has 1 N–H and O–H groups in total. The number of benzene rings is 1. The van der Waals surface area contributed by atoms with E-state index >= 15 is 0 Å². The molecule has 0 saturated heterocycles. The number of amides is 2. The Balaban J connectivity index is 1.58.